The Labute approximate surface area is 130 Å². The molecule has 0 aliphatic rings. The third kappa shape index (κ3) is 3.44. The third-order valence-corrected chi connectivity index (χ3v) is 3.42. The van der Waals surface area contributed by atoms with Gasteiger partial charge in [0.1, 0.15) is 17.2 Å². The molecule has 102 valence electrons. The highest BCUT2D eigenvalue weighted by Gasteiger charge is 2.07. The van der Waals surface area contributed by atoms with Gasteiger partial charge >= 0.3 is 0 Å². The summed E-state index contributed by atoms with van der Waals surface area (Å²) < 4.78 is 11.9. The van der Waals surface area contributed by atoms with E-state index in [0.29, 0.717) is 28.7 Å². The second-order valence-corrected chi connectivity index (χ2v) is 5.18. The van der Waals surface area contributed by atoms with Crippen molar-refractivity contribution in [1.82, 2.24) is 0 Å². The van der Waals surface area contributed by atoms with E-state index in [4.69, 9.17) is 26.3 Å². The molecule has 0 spiro atoms. The Morgan fingerprint density at radius 1 is 1.20 bits per heavy atom. The summed E-state index contributed by atoms with van der Waals surface area (Å²) in [6, 6.07) is 12.7. The van der Waals surface area contributed by atoms with Crippen molar-refractivity contribution in [3.05, 3.63) is 52.0 Å². The molecule has 0 unspecified atom stereocenters. The Morgan fingerprint density at radius 2 is 1.95 bits per heavy atom. The van der Waals surface area contributed by atoms with Crippen molar-refractivity contribution in [1.29, 1.82) is 5.26 Å². The van der Waals surface area contributed by atoms with Gasteiger partial charge in [0, 0.05) is 16.1 Å². The Morgan fingerprint density at radius 3 is 2.60 bits per heavy atom. The molecule has 0 aliphatic carbocycles. The molecule has 2 aromatic rings. The summed E-state index contributed by atoms with van der Waals surface area (Å²) in [5, 5.41) is 9.00. The van der Waals surface area contributed by atoms with Crippen LogP contribution in [0.5, 0.6) is 17.2 Å². The predicted molar refractivity (Wildman–Crippen MR) is 81.5 cm³/mol. The number of benzene rings is 2. The van der Waals surface area contributed by atoms with Crippen molar-refractivity contribution in [2.75, 3.05) is 7.11 Å². The molecule has 0 heterocycles. The topological polar surface area (TPSA) is 42.2 Å². The highest BCUT2D eigenvalue weighted by atomic mass is 79.9. The zero-order valence-electron chi connectivity index (χ0n) is 10.7. The van der Waals surface area contributed by atoms with Gasteiger partial charge in [-0.3, -0.25) is 0 Å². The van der Waals surface area contributed by atoms with Crippen molar-refractivity contribution in [2.24, 2.45) is 0 Å². The number of nitriles is 1. The van der Waals surface area contributed by atoms with Gasteiger partial charge in [-0.25, -0.2) is 0 Å². The van der Waals surface area contributed by atoms with Crippen LogP contribution in [0, 0.1) is 11.3 Å². The maximum Gasteiger partial charge on any atom is 0.132 e. The number of alkyl halides is 1. The summed E-state index contributed by atoms with van der Waals surface area (Å²) in [7, 11) is 1.55. The highest BCUT2D eigenvalue weighted by molar-refractivity contribution is 9.10. The third-order valence-electron chi connectivity index (χ3n) is 2.64. The minimum atomic E-state index is 0.337. The van der Waals surface area contributed by atoms with E-state index >= 15 is 0 Å². The molecule has 5 heteroatoms. The van der Waals surface area contributed by atoms with Crippen molar-refractivity contribution in [3.63, 3.8) is 0 Å². The van der Waals surface area contributed by atoms with Crippen molar-refractivity contribution in [3.8, 4) is 23.3 Å². The van der Waals surface area contributed by atoms with E-state index in [1.165, 1.54) is 0 Å². The summed E-state index contributed by atoms with van der Waals surface area (Å²) >= 11 is 9.30. The molecule has 0 saturated carbocycles. The van der Waals surface area contributed by atoms with Gasteiger partial charge < -0.3 is 9.47 Å². The fourth-order valence-corrected chi connectivity index (χ4v) is 2.31. The fourth-order valence-electron chi connectivity index (χ4n) is 1.69. The Kier molecular flexibility index (Phi) is 4.89. The Bertz CT molecular complexity index is 667. The van der Waals surface area contributed by atoms with E-state index in [-0.39, 0.29) is 0 Å². The molecule has 0 saturated heterocycles. The van der Waals surface area contributed by atoms with Gasteiger partial charge in [0.05, 0.1) is 24.6 Å². The standard InChI is InChI=1S/C15H11BrClNO2/c1-19-13-4-10(9-18)5-14(7-13)20-15-3-2-12(16)6-11(15)8-17/h2-7H,8H2,1H3. The largest absolute Gasteiger partial charge is 0.497 e. The normalized spacial score (nSPS) is 9.90. The van der Waals surface area contributed by atoms with Crippen molar-refractivity contribution in [2.45, 2.75) is 5.88 Å². The minimum Gasteiger partial charge on any atom is -0.497 e. The molecule has 20 heavy (non-hydrogen) atoms. The van der Waals surface area contributed by atoms with Crippen LogP contribution in [0.15, 0.2) is 40.9 Å². The van der Waals surface area contributed by atoms with Crippen LogP contribution in [0.3, 0.4) is 0 Å². The van der Waals surface area contributed by atoms with Crippen LogP contribution in [0.25, 0.3) is 0 Å². The monoisotopic (exact) mass is 351 g/mol. The fraction of sp³-hybridized carbons (Fsp3) is 0.133. The zero-order chi connectivity index (χ0) is 14.5. The minimum absolute atomic E-state index is 0.337. The summed E-state index contributed by atoms with van der Waals surface area (Å²) in [5.41, 5.74) is 1.34. The van der Waals surface area contributed by atoms with Crippen molar-refractivity contribution < 1.29 is 9.47 Å². The quantitative estimate of drug-likeness (QED) is 0.738. The van der Waals surface area contributed by atoms with Crippen LogP contribution in [-0.4, -0.2) is 7.11 Å². The van der Waals surface area contributed by atoms with Gasteiger partial charge in [-0.2, -0.15) is 5.26 Å². The lowest BCUT2D eigenvalue weighted by molar-refractivity contribution is 0.408. The summed E-state index contributed by atoms with van der Waals surface area (Å²) in [6.07, 6.45) is 0. The second kappa shape index (κ2) is 6.65. The maximum atomic E-state index is 9.00. The Hall–Kier alpha value is -1.70. The van der Waals surface area contributed by atoms with E-state index in [9.17, 15) is 0 Å². The van der Waals surface area contributed by atoms with Crippen LogP contribution in [0.1, 0.15) is 11.1 Å². The number of nitrogens with zero attached hydrogens (tertiary/aromatic N) is 1. The van der Waals surface area contributed by atoms with Gasteiger partial charge in [0.25, 0.3) is 0 Å². The van der Waals surface area contributed by atoms with Gasteiger partial charge in [-0.15, -0.1) is 11.6 Å². The molecule has 2 aromatic carbocycles. The number of hydrogen-bond acceptors (Lipinski definition) is 3. The molecular formula is C15H11BrClNO2. The lowest BCUT2D eigenvalue weighted by atomic mass is 10.2. The first-order valence-electron chi connectivity index (χ1n) is 5.77. The van der Waals surface area contributed by atoms with Crippen molar-refractivity contribution >= 4 is 27.5 Å². The second-order valence-electron chi connectivity index (χ2n) is 4.00. The summed E-state index contributed by atoms with van der Waals surface area (Å²) in [6.45, 7) is 0. The number of hydrogen-bond donors (Lipinski definition) is 0. The molecule has 0 N–H and O–H groups in total. The van der Waals surface area contributed by atoms with E-state index in [0.717, 1.165) is 10.0 Å². The van der Waals surface area contributed by atoms with Gasteiger partial charge in [-0.05, 0) is 30.3 Å². The number of ether oxygens (including phenoxy) is 2. The molecule has 0 radical (unpaired) electrons. The molecule has 0 bridgehead atoms. The summed E-state index contributed by atoms with van der Waals surface area (Å²) in [4.78, 5) is 0. The first-order valence-corrected chi connectivity index (χ1v) is 7.10. The van der Waals surface area contributed by atoms with E-state index in [1.807, 2.05) is 18.2 Å². The zero-order valence-corrected chi connectivity index (χ0v) is 13.0. The van der Waals surface area contributed by atoms with Crippen LogP contribution in [-0.2, 0) is 5.88 Å². The van der Waals surface area contributed by atoms with Gasteiger partial charge in [-0.1, -0.05) is 15.9 Å². The smallest absolute Gasteiger partial charge is 0.132 e. The molecule has 0 amide bonds. The van der Waals surface area contributed by atoms with E-state index in [1.54, 1.807) is 25.3 Å². The highest BCUT2D eigenvalue weighted by Crippen LogP contribution is 2.31. The lowest BCUT2D eigenvalue weighted by Gasteiger charge is -2.11. The summed E-state index contributed by atoms with van der Waals surface area (Å²) in [5.74, 6) is 2.10. The number of halogens is 2. The first-order chi connectivity index (χ1) is 9.66. The average molecular weight is 353 g/mol. The van der Waals surface area contributed by atoms with Gasteiger partial charge in [0.2, 0.25) is 0 Å². The molecular weight excluding hydrogens is 342 g/mol. The number of rotatable bonds is 4. The molecule has 0 aromatic heterocycles. The predicted octanol–water partition coefficient (Wildman–Crippen LogP) is 4.86. The molecule has 0 atom stereocenters. The Balaban J connectivity index is 2.37. The van der Waals surface area contributed by atoms with Crippen LogP contribution >= 0.6 is 27.5 Å². The van der Waals surface area contributed by atoms with E-state index < -0.39 is 0 Å². The first kappa shape index (κ1) is 14.7. The average Bonchev–Trinajstić information content (AvgIpc) is 2.48. The lowest BCUT2D eigenvalue weighted by Crippen LogP contribution is -1.92. The van der Waals surface area contributed by atoms with E-state index in [2.05, 4.69) is 22.0 Å². The molecule has 3 nitrogen and oxygen atoms in total. The SMILES string of the molecule is COc1cc(C#N)cc(Oc2ccc(Br)cc2CCl)c1. The van der Waals surface area contributed by atoms with Gasteiger partial charge in [0.15, 0.2) is 0 Å². The molecule has 0 aliphatic heterocycles. The van der Waals surface area contributed by atoms with Crippen LogP contribution in [0.2, 0.25) is 0 Å². The van der Waals surface area contributed by atoms with Crippen LogP contribution < -0.4 is 9.47 Å². The maximum absolute atomic E-state index is 9.00. The molecule has 0 fully saturated rings. The number of methoxy groups -OCH3 is 1. The van der Waals surface area contributed by atoms with Crippen LogP contribution in [0.4, 0.5) is 0 Å². The molecule has 2 rings (SSSR count).